The number of ether oxygens (including phenoxy) is 1. The third kappa shape index (κ3) is 3.45. The molecule has 0 unspecified atom stereocenters. The van der Waals surface area contributed by atoms with Crippen LogP contribution in [0.3, 0.4) is 0 Å². The summed E-state index contributed by atoms with van der Waals surface area (Å²) in [6.45, 7) is 8.79. The van der Waals surface area contributed by atoms with E-state index in [4.69, 9.17) is 4.74 Å². The summed E-state index contributed by atoms with van der Waals surface area (Å²) in [7, 11) is 0. The predicted octanol–water partition coefficient (Wildman–Crippen LogP) is 8.11. The van der Waals surface area contributed by atoms with Crippen molar-refractivity contribution in [2.45, 2.75) is 39.2 Å². The maximum absolute atomic E-state index is 5.80. The Labute approximate surface area is 185 Å². The Hall–Kier alpha value is -3.32. The van der Waals surface area contributed by atoms with Crippen molar-refractivity contribution in [2.24, 2.45) is 0 Å². The van der Waals surface area contributed by atoms with Crippen LogP contribution >= 0.6 is 0 Å². The highest BCUT2D eigenvalue weighted by atomic mass is 16.5. The van der Waals surface area contributed by atoms with Gasteiger partial charge in [0.15, 0.2) is 0 Å². The molecule has 0 amide bonds. The molecule has 0 heterocycles. The Kier molecular flexibility index (Phi) is 4.70. The molecular weight excluding hydrogens is 376 g/mol. The van der Waals surface area contributed by atoms with E-state index in [1.165, 1.54) is 44.5 Å². The minimum atomic E-state index is -0.0356. The number of benzene rings is 4. The molecule has 1 heteroatoms. The van der Waals surface area contributed by atoms with Gasteiger partial charge < -0.3 is 4.74 Å². The van der Waals surface area contributed by atoms with Crippen molar-refractivity contribution in [3.8, 4) is 39.1 Å². The summed E-state index contributed by atoms with van der Waals surface area (Å²) in [5.74, 6) is 0.918. The van der Waals surface area contributed by atoms with E-state index in [1.54, 1.807) is 0 Å². The molecule has 154 valence electrons. The first-order chi connectivity index (χ1) is 14.9. The maximum atomic E-state index is 5.80. The molecule has 0 radical (unpaired) electrons. The Morgan fingerprint density at radius 1 is 0.581 bits per heavy atom. The molecular formula is C30H28O. The summed E-state index contributed by atoms with van der Waals surface area (Å²) in [5.41, 5.74) is 10.5. The average Bonchev–Trinajstić information content (AvgIpc) is 3.01. The smallest absolute Gasteiger partial charge is 0.119 e. The number of rotatable bonds is 4. The lowest BCUT2D eigenvalue weighted by Crippen LogP contribution is -2.15. The molecule has 0 N–H and O–H groups in total. The summed E-state index contributed by atoms with van der Waals surface area (Å²) < 4.78 is 5.80. The van der Waals surface area contributed by atoms with Crippen LogP contribution in [-0.2, 0) is 5.41 Å². The van der Waals surface area contributed by atoms with Crippen LogP contribution < -0.4 is 4.74 Å². The molecule has 4 aromatic rings. The average molecular weight is 405 g/mol. The molecule has 1 aliphatic carbocycles. The summed E-state index contributed by atoms with van der Waals surface area (Å²) in [4.78, 5) is 0. The van der Waals surface area contributed by atoms with E-state index >= 15 is 0 Å². The Morgan fingerprint density at radius 3 is 1.58 bits per heavy atom. The zero-order valence-corrected chi connectivity index (χ0v) is 18.6. The van der Waals surface area contributed by atoms with Crippen LogP contribution in [0.15, 0.2) is 91.0 Å². The van der Waals surface area contributed by atoms with Gasteiger partial charge in [0.2, 0.25) is 0 Å². The fourth-order valence-corrected chi connectivity index (χ4v) is 4.73. The molecule has 0 spiro atoms. The van der Waals surface area contributed by atoms with E-state index in [2.05, 4.69) is 119 Å². The van der Waals surface area contributed by atoms with Gasteiger partial charge in [0.1, 0.15) is 5.75 Å². The van der Waals surface area contributed by atoms with Crippen molar-refractivity contribution < 1.29 is 4.74 Å². The van der Waals surface area contributed by atoms with Gasteiger partial charge in [-0.15, -0.1) is 0 Å². The number of fused-ring (bicyclic) bond motifs is 3. The Balaban J connectivity index is 1.53. The van der Waals surface area contributed by atoms with Gasteiger partial charge in [-0.3, -0.25) is 0 Å². The van der Waals surface area contributed by atoms with Crippen molar-refractivity contribution in [2.75, 3.05) is 0 Å². The van der Waals surface area contributed by atoms with Crippen LogP contribution in [0.1, 0.15) is 38.8 Å². The van der Waals surface area contributed by atoms with Gasteiger partial charge in [-0.2, -0.15) is 0 Å². The Bertz CT molecular complexity index is 1230. The lowest BCUT2D eigenvalue weighted by Gasteiger charge is -2.22. The molecule has 0 saturated heterocycles. The van der Waals surface area contributed by atoms with E-state index in [-0.39, 0.29) is 11.5 Å². The highest BCUT2D eigenvalue weighted by Crippen LogP contribution is 2.50. The van der Waals surface area contributed by atoms with E-state index in [0.717, 1.165) is 5.75 Å². The fourth-order valence-electron chi connectivity index (χ4n) is 4.73. The minimum absolute atomic E-state index is 0.0356. The molecule has 1 nitrogen and oxygen atoms in total. The third-order valence-electron chi connectivity index (χ3n) is 6.34. The van der Waals surface area contributed by atoms with Gasteiger partial charge in [0, 0.05) is 5.41 Å². The first kappa shape index (κ1) is 19.6. The summed E-state index contributed by atoms with van der Waals surface area (Å²) >= 11 is 0. The maximum Gasteiger partial charge on any atom is 0.119 e. The number of hydrogen-bond acceptors (Lipinski definition) is 1. The van der Waals surface area contributed by atoms with Crippen LogP contribution in [0.2, 0.25) is 0 Å². The zero-order chi connectivity index (χ0) is 21.6. The van der Waals surface area contributed by atoms with Crippen molar-refractivity contribution >= 4 is 0 Å². The second kappa shape index (κ2) is 7.42. The van der Waals surface area contributed by atoms with Gasteiger partial charge in [-0.25, -0.2) is 0 Å². The lowest BCUT2D eigenvalue weighted by molar-refractivity contribution is 0.242. The van der Waals surface area contributed by atoms with E-state index < -0.39 is 0 Å². The highest BCUT2D eigenvalue weighted by molar-refractivity contribution is 5.85. The molecule has 0 aliphatic heterocycles. The standard InChI is InChI=1S/C30H28O/c1-20(2)31-25-14-10-22(11-15-25)24-13-17-27-26-16-12-23(21-8-6-5-7-9-21)18-28(26)30(3,4)29(27)19-24/h5-20H,1-4H3. The van der Waals surface area contributed by atoms with E-state index in [1.807, 2.05) is 0 Å². The van der Waals surface area contributed by atoms with Gasteiger partial charge in [-0.1, -0.05) is 80.6 Å². The fraction of sp³-hybridized carbons (Fsp3) is 0.200. The molecule has 0 bridgehead atoms. The SMILES string of the molecule is CC(C)Oc1ccc(-c2ccc3c(c2)C(C)(C)c2cc(-c4ccccc4)ccc2-3)cc1. The molecule has 0 aromatic heterocycles. The molecule has 31 heavy (non-hydrogen) atoms. The molecule has 1 aliphatic rings. The van der Waals surface area contributed by atoms with Crippen LogP contribution in [-0.4, -0.2) is 6.10 Å². The molecule has 4 aromatic carbocycles. The van der Waals surface area contributed by atoms with Crippen molar-refractivity contribution in [1.82, 2.24) is 0 Å². The quantitative estimate of drug-likeness (QED) is 0.334. The largest absolute Gasteiger partial charge is 0.491 e. The Morgan fingerprint density at radius 2 is 1.06 bits per heavy atom. The molecule has 5 rings (SSSR count). The summed E-state index contributed by atoms with van der Waals surface area (Å²) in [6, 6.07) is 32.9. The van der Waals surface area contributed by atoms with E-state index in [9.17, 15) is 0 Å². The molecule has 0 atom stereocenters. The third-order valence-corrected chi connectivity index (χ3v) is 6.34. The first-order valence-corrected chi connectivity index (χ1v) is 11.1. The van der Waals surface area contributed by atoms with Crippen molar-refractivity contribution in [3.63, 3.8) is 0 Å². The van der Waals surface area contributed by atoms with Crippen LogP contribution in [0, 0.1) is 0 Å². The first-order valence-electron chi connectivity index (χ1n) is 11.1. The molecule has 0 fully saturated rings. The van der Waals surface area contributed by atoms with Crippen LogP contribution in [0.5, 0.6) is 5.75 Å². The van der Waals surface area contributed by atoms with Gasteiger partial charge in [-0.05, 0) is 82.6 Å². The van der Waals surface area contributed by atoms with Gasteiger partial charge >= 0.3 is 0 Å². The second-order valence-electron chi connectivity index (χ2n) is 9.20. The number of hydrogen-bond donors (Lipinski definition) is 0. The highest BCUT2D eigenvalue weighted by Gasteiger charge is 2.35. The normalized spacial score (nSPS) is 13.7. The topological polar surface area (TPSA) is 9.23 Å². The van der Waals surface area contributed by atoms with Crippen LogP contribution in [0.4, 0.5) is 0 Å². The van der Waals surface area contributed by atoms with Crippen molar-refractivity contribution in [3.05, 3.63) is 102 Å². The zero-order valence-electron chi connectivity index (χ0n) is 18.6. The van der Waals surface area contributed by atoms with Crippen LogP contribution in [0.25, 0.3) is 33.4 Å². The predicted molar refractivity (Wildman–Crippen MR) is 131 cm³/mol. The second-order valence-corrected chi connectivity index (χ2v) is 9.20. The van der Waals surface area contributed by atoms with Gasteiger partial charge in [0.05, 0.1) is 6.10 Å². The van der Waals surface area contributed by atoms with E-state index in [0.29, 0.717) is 0 Å². The van der Waals surface area contributed by atoms with Gasteiger partial charge in [0.25, 0.3) is 0 Å². The summed E-state index contributed by atoms with van der Waals surface area (Å²) in [6.07, 6.45) is 0.186. The monoisotopic (exact) mass is 404 g/mol. The minimum Gasteiger partial charge on any atom is -0.491 e. The summed E-state index contributed by atoms with van der Waals surface area (Å²) in [5, 5.41) is 0. The van der Waals surface area contributed by atoms with Crippen molar-refractivity contribution in [1.29, 1.82) is 0 Å². The lowest BCUT2D eigenvalue weighted by atomic mass is 9.81. The molecule has 0 saturated carbocycles.